The number of methoxy groups -OCH3 is 1. The number of hydrogen-bond acceptors (Lipinski definition) is 4. The summed E-state index contributed by atoms with van der Waals surface area (Å²) in [6, 6.07) is 9.44. The zero-order valence-corrected chi connectivity index (χ0v) is 11.6. The molecule has 4 nitrogen and oxygen atoms in total. The average molecular weight is 279 g/mol. The van der Waals surface area contributed by atoms with E-state index in [0.29, 0.717) is 24.2 Å². The average Bonchev–Trinajstić information content (AvgIpc) is 2.38. The smallest absolute Gasteiger partial charge is 0.155 e. The Kier molecular flexibility index (Phi) is 4.71. The lowest BCUT2D eigenvalue weighted by Crippen LogP contribution is -2.01. The molecule has 100 valence electrons. The number of nitrogens with zero attached hydrogens (tertiary/aromatic N) is 2. The molecule has 1 aromatic heterocycles. The third-order valence-corrected chi connectivity index (χ3v) is 2.72. The molecule has 0 aliphatic heterocycles. The van der Waals surface area contributed by atoms with Gasteiger partial charge >= 0.3 is 0 Å². The van der Waals surface area contributed by atoms with E-state index in [1.54, 1.807) is 13.2 Å². The lowest BCUT2D eigenvalue weighted by atomic mass is 10.2. The first-order chi connectivity index (χ1) is 9.17. The highest BCUT2D eigenvalue weighted by atomic mass is 35.5. The zero-order valence-electron chi connectivity index (χ0n) is 10.9. The highest BCUT2D eigenvalue weighted by molar-refractivity contribution is 6.29. The first-order valence-electron chi connectivity index (χ1n) is 5.88. The summed E-state index contributed by atoms with van der Waals surface area (Å²) in [5, 5.41) is 0.440. The minimum atomic E-state index is 0.341. The summed E-state index contributed by atoms with van der Waals surface area (Å²) in [5.74, 6) is 1.43. The number of ether oxygens (including phenoxy) is 2. The predicted octanol–water partition coefficient (Wildman–Crippen LogP) is 3.16. The van der Waals surface area contributed by atoms with Crippen LogP contribution in [0, 0.1) is 6.92 Å². The summed E-state index contributed by atoms with van der Waals surface area (Å²) < 4.78 is 10.7. The summed E-state index contributed by atoms with van der Waals surface area (Å²) in [5.41, 5.74) is 1.91. The number of halogens is 1. The van der Waals surface area contributed by atoms with E-state index in [1.807, 2.05) is 31.2 Å². The fourth-order valence-electron chi connectivity index (χ4n) is 1.64. The number of benzene rings is 1. The Morgan fingerprint density at radius 1 is 1.11 bits per heavy atom. The molecule has 0 bridgehead atoms. The van der Waals surface area contributed by atoms with E-state index in [2.05, 4.69) is 9.97 Å². The second-order valence-corrected chi connectivity index (χ2v) is 4.48. The van der Waals surface area contributed by atoms with E-state index in [-0.39, 0.29) is 0 Å². The van der Waals surface area contributed by atoms with Crippen molar-refractivity contribution in [3.05, 3.63) is 52.6 Å². The molecule has 0 unspecified atom stereocenters. The molecule has 0 aliphatic rings. The molecule has 0 saturated carbocycles. The van der Waals surface area contributed by atoms with Crippen molar-refractivity contribution in [1.29, 1.82) is 0 Å². The van der Waals surface area contributed by atoms with E-state index in [4.69, 9.17) is 21.1 Å². The number of aromatic nitrogens is 2. The topological polar surface area (TPSA) is 44.2 Å². The highest BCUT2D eigenvalue weighted by Gasteiger charge is 2.01. The Morgan fingerprint density at radius 2 is 1.84 bits per heavy atom. The van der Waals surface area contributed by atoms with Gasteiger partial charge < -0.3 is 9.47 Å². The molecule has 1 heterocycles. The van der Waals surface area contributed by atoms with Gasteiger partial charge in [0.25, 0.3) is 0 Å². The maximum Gasteiger partial charge on any atom is 0.155 e. The van der Waals surface area contributed by atoms with Crippen LogP contribution >= 0.6 is 11.6 Å². The van der Waals surface area contributed by atoms with Gasteiger partial charge in [-0.25, -0.2) is 9.97 Å². The first-order valence-corrected chi connectivity index (χ1v) is 6.26. The Morgan fingerprint density at radius 3 is 2.47 bits per heavy atom. The molecule has 5 heteroatoms. The van der Waals surface area contributed by atoms with Gasteiger partial charge in [-0.3, -0.25) is 0 Å². The lowest BCUT2D eigenvalue weighted by molar-refractivity contribution is 0.101. The van der Waals surface area contributed by atoms with Crippen LogP contribution in [0.15, 0.2) is 30.3 Å². The second-order valence-electron chi connectivity index (χ2n) is 4.09. The Labute approximate surface area is 117 Å². The van der Waals surface area contributed by atoms with Crippen molar-refractivity contribution >= 4 is 11.6 Å². The Balaban J connectivity index is 1.88. The van der Waals surface area contributed by atoms with Crippen molar-refractivity contribution in [2.75, 3.05) is 7.11 Å². The van der Waals surface area contributed by atoms with Gasteiger partial charge in [0.15, 0.2) is 5.82 Å². The highest BCUT2D eigenvalue weighted by Crippen LogP contribution is 2.13. The maximum absolute atomic E-state index is 5.86. The van der Waals surface area contributed by atoms with Gasteiger partial charge in [-0.15, -0.1) is 0 Å². The summed E-state index contributed by atoms with van der Waals surface area (Å²) in [7, 11) is 1.64. The molecule has 0 saturated heterocycles. The van der Waals surface area contributed by atoms with Crippen molar-refractivity contribution in [2.45, 2.75) is 20.1 Å². The molecular weight excluding hydrogens is 264 g/mol. The van der Waals surface area contributed by atoms with Crippen LogP contribution < -0.4 is 4.74 Å². The van der Waals surface area contributed by atoms with Crippen LogP contribution in [0.1, 0.15) is 17.1 Å². The van der Waals surface area contributed by atoms with Crippen LogP contribution in [0.4, 0.5) is 0 Å². The molecule has 0 aliphatic carbocycles. The third kappa shape index (κ3) is 4.19. The number of hydrogen-bond donors (Lipinski definition) is 0. The number of rotatable bonds is 5. The van der Waals surface area contributed by atoms with E-state index in [1.165, 1.54) is 0 Å². The summed E-state index contributed by atoms with van der Waals surface area (Å²) in [4.78, 5) is 8.35. The molecule has 0 spiro atoms. The molecule has 0 N–H and O–H groups in total. The van der Waals surface area contributed by atoms with E-state index in [0.717, 1.165) is 17.0 Å². The van der Waals surface area contributed by atoms with Crippen LogP contribution in [-0.2, 0) is 18.0 Å². The Hall–Kier alpha value is -1.65. The van der Waals surface area contributed by atoms with Gasteiger partial charge in [0.05, 0.1) is 13.7 Å². The SMILES string of the molecule is COc1ccc(COCc2nc(C)cc(Cl)n2)cc1. The largest absolute Gasteiger partial charge is 0.497 e. The van der Waals surface area contributed by atoms with Crippen LogP contribution in [0.25, 0.3) is 0 Å². The van der Waals surface area contributed by atoms with Gasteiger partial charge in [0, 0.05) is 5.69 Å². The zero-order chi connectivity index (χ0) is 13.7. The quantitative estimate of drug-likeness (QED) is 0.788. The normalized spacial score (nSPS) is 10.5. The van der Waals surface area contributed by atoms with Crippen molar-refractivity contribution in [1.82, 2.24) is 9.97 Å². The monoisotopic (exact) mass is 278 g/mol. The molecule has 0 radical (unpaired) electrons. The van der Waals surface area contributed by atoms with Gasteiger partial charge in [-0.1, -0.05) is 23.7 Å². The fourth-order valence-corrected chi connectivity index (χ4v) is 1.89. The van der Waals surface area contributed by atoms with Gasteiger partial charge in [-0.05, 0) is 30.7 Å². The molecule has 1 aromatic carbocycles. The number of aryl methyl sites for hydroxylation is 1. The molecule has 0 fully saturated rings. The molecule has 2 rings (SSSR count). The van der Waals surface area contributed by atoms with Crippen LogP contribution in [0.3, 0.4) is 0 Å². The van der Waals surface area contributed by atoms with Gasteiger partial charge in [0.2, 0.25) is 0 Å². The maximum atomic E-state index is 5.86. The standard InChI is InChI=1S/C14H15ClN2O2/c1-10-7-13(15)17-14(16-10)9-19-8-11-3-5-12(18-2)6-4-11/h3-7H,8-9H2,1-2H3. The minimum Gasteiger partial charge on any atom is -0.497 e. The molecule has 19 heavy (non-hydrogen) atoms. The van der Waals surface area contributed by atoms with Crippen molar-refractivity contribution < 1.29 is 9.47 Å². The van der Waals surface area contributed by atoms with E-state index < -0.39 is 0 Å². The van der Waals surface area contributed by atoms with Gasteiger partial charge in [-0.2, -0.15) is 0 Å². The minimum absolute atomic E-state index is 0.341. The van der Waals surface area contributed by atoms with Crippen LogP contribution in [0.5, 0.6) is 5.75 Å². The molecule has 0 amide bonds. The van der Waals surface area contributed by atoms with Crippen molar-refractivity contribution in [3.8, 4) is 5.75 Å². The van der Waals surface area contributed by atoms with Gasteiger partial charge in [0.1, 0.15) is 17.5 Å². The first kappa shape index (κ1) is 13.8. The van der Waals surface area contributed by atoms with Crippen LogP contribution in [-0.4, -0.2) is 17.1 Å². The lowest BCUT2D eigenvalue weighted by Gasteiger charge is -2.05. The fraction of sp³-hybridized carbons (Fsp3) is 0.286. The summed E-state index contributed by atoms with van der Waals surface area (Å²) in [6.45, 7) is 2.72. The van der Waals surface area contributed by atoms with Crippen LogP contribution in [0.2, 0.25) is 5.15 Å². The summed E-state index contributed by atoms with van der Waals surface area (Å²) in [6.07, 6.45) is 0. The predicted molar refractivity (Wildman–Crippen MR) is 73.3 cm³/mol. The third-order valence-electron chi connectivity index (χ3n) is 2.53. The van der Waals surface area contributed by atoms with E-state index >= 15 is 0 Å². The van der Waals surface area contributed by atoms with E-state index in [9.17, 15) is 0 Å². The molecule has 2 aromatic rings. The molecule has 0 atom stereocenters. The Bertz CT molecular complexity index is 523. The summed E-state index contributed by atoms with van der Waals surface area (Å²) >= 11 is 5.86. The molecular formula is C14H15ClN2O2. The second kappa shape index (κ2) is 6.50. The van der Waals surface area contributed by atoms with Crippen molar-refractivity contribution in [2.24, 2.45) is 0 Å². The van der Waals surface area contributed by atoms with Crippen molar-refractivity contribution in [3.63, 3.8) is 0 Å².